The summed E-state index contributed by atoms with van der Waals surface area (Å²) in [5.74, 6) is 0. The van der Waals surface area contributed by atoms with Crippen molar-refractivity contribution >= 4 is 0 Å². The number of nitrogens with one attached hydrogen (secondary N) is 1. The van der Waals surface area contributed by atoms with E-state index >= 15 is 0 Å². The third-order valence-corrected chi connectivity index (χ3v) is 5.31. The van der Waals surface area contributed by atoms with Gasteiger partial charge in [0.05, 0.1) is 0 Å². The topological polar surface area (TPSA) is 28.2 Å². The van der Waals surface area contributed by atoms with Gasteiger partial charge < -0.3 is 5.32 Å². The van der Waals surface area contributed by atoms with Crippen LogP contribution >= 0.6 is 0 Å². The smallest absolute Gasteiger partial charge is 0.0338 e. The molecule has 1 spiro atoms. The number of aryl methyl sites for hydroxylation is 1. The molecule has 2 fully saturated rings. The van der Waals surface area contributed by atoms with Gasteiger partial charge in [-0.15, -0.1) is 0 Å². The summed E-state index contributed by atoms with van der Waals surface area (Å²) in [5, 5.41) is 3.82. The van der Waals surface area contributed by atoms with Crippen LogP contribution in [0.2, 0.25) is 0 Å². The quantitative estimate of drug-likeness (QED) is 0.921. The lowest BCUT2D eigenvalue weighted by molar-refractivity contribution is 0.0337. The first kappa shape index (κ1) is 15.0. The van der Waals surface area contributed by atoms with Gasteiger partial charge in [-0.25, -0.2) is 0 Å². The Morgan fingerprint density at radius 2 is 2.14 bits per heavy atom. The maximum atomic E-state index is 4.38. The van der Waals surface area contributed by atoms with E-state index in [0.29, 0.717) is 11.6 Å². The Hall–Kier alpha value is -0.930. The second kappa shape index (κ2) is 6.45. The first-order valence-electron chi connectivity index (χ1n) is 8.61. The molecule has 1 aliphatic carbocycles. The lowest BCUT2D eigenvalue weighted by atomic mass is 9.89. The summed E-state index contributed by atoms with van der Waals surface area (Å²) >= 11 is 0. The van der Waals surface area contributed by atoms with Gasteiger partial charge in [-0.3, -0.25) is 9.88 Å². The number of hydrogen-bond acceptors (Lipinski definition) is 3. The zero-order chi connectivity index (χ0) is 14.7. The molecule has 1 saturated heterocycles. The first-order valence-corrected chi connectivity index (χ1v) is 8.61. The van der Waals surface area contributed by atoms with Crippen LogP contribution < -0.4 is 5.32 Å². The minimum Gasteiger partial charge on any atom is -0.311 e. The van der Waals surface area contributed by atoms with E-state index in [1.807, 2.05) is 12.4 Å². The first-order chi connectivity index (χ1) is 10.2. The third-order valence-electron chi connectivity index (χ3n) is 5.31. The van der Waals surface area contributed by atoms with E-state index in [-0.39, 0.29) is 0 Å². The van der Waals surface area contributed by atoms with Crippen molar-refractivity contribution < 1.29 is 0 Å². The molecule has 1 N–H and O–H groups in total. The number of nitrogens with zero attached hydrogens (tertiary/aromatic N) is 2. The molecule has 1 aliphatic heterocycles. The molecule has 21 heavy (non-hydrogen) atoms. The van der Waals surface area contributed by atoms with E-state index in [2.05, 4.69) is 35.1 Å². The van der Waals surface area contributed by atoms with Crippen molar-refractivity contribution in [3.63, 3.8) is 0 Å². The summed E-state index contributed by atoms with van der Waals surface area (Å²) in [6.07, 6.45) is 12.1. The van der Waals surface area contributed by atoms with Crippen molar-refractivity contribution in [2.45, 2.75) is 70.5 Å². The van der Waals surface area contributed by atoms with Crippen LogP contribution in [0.4, 0.5) is 0 Å². The van der Waals surface area contributed by atoms with E-state index in [4.69, 9.17) is 0 Å². The number of aromatic nitrogens is 1. The van der Waals surface area contributed by atoms with E-state index in [1.165, 1.54) is 62.7 Å². The fourth-order valence-corrected chi connectivity index (χ4v) is 4.19. The molecule has 3 nitrogen and oxygen atoms in total. The Labute approximate surface area is 129 Å². The Morgan fingerprint density at radius 3 is 2.86 bits per heavy atom. The van der Waals surface area contributed by atoms with Crippen molar-refractivity contribution in [3.8, 4) is 0 Å². The van der Waals surface area contributed by atoms with E-state index in [0.717, 1.165) is 6.54 Å². The van der Waals surface area contributed by atoms with Crippen LogP contribution in [0.5, 0.6) is 0 Å². The van der Waals surface area contributed by atoms with E-state index in [1.54, 1.807) is 0 Å². The molecule has 3 rings (SSSR count). The molecule has 2 aliphatic rings. The highest BCUT2D eigenvalue weighted by molar-refractivity contribution is 5.17. The van der Waals surface area contributed by atoms with Gasteiger partial charge >= 0.3 is 0 Å². The van der Waals surface area contributed by atoms with Gasteiger partial charge in [-0.05, 0) is 37.3 Å². The van der Waals surface area contributed by atoms with Crippen LogP contribution in [0.25, 0.3) is 0 Å². The predicted octanol–water partition coefficient (Wildman–Crippen LogP) is 3.28. The zero-order valence-corrected chi connectivity index (χ0v) is 13.6. The highest BCUT2D eigenvalue weighted by Gasteiger charge is 2.43. The van der Waals surface area contributed by atoms with Crippen molar-refractivity contribution in [2.75, 3.05) is 13.1 Å². The van der Waals surface area contributed by atoms with Crippen molar-refractivity contribution in [1.82, 2.24) is 15.2 Å². The highest BCUT2D eigenvalue weighted by atomic mass is 15.3. The van der Waals surface area contributed by atoms with Gasteiger partial charge in [0.2, 0.25) is 0 Å². The molecule has 3 heteroatoms. The Morgan fingerprint density at radius 1 is 1.33 bits per heavy atom. The standard InChI is InChI=1S/C18H29N3/c1-3-6-17-13-21(12-16-9-15(2)10-19-11-16)18(14-20-17)7-4-5-8-18/h9-11,17,20H,3-8,12-14H2,1-2H3. The fourth-order valence-electron chi connectivity index (χ4n) is 4.19. The maximum Gasteiger partial charge on any atom is 0.0338 e. The van der Waals surface area contributed by atoms with E-state index < -0.39 is 0 Å². The molecule has 0 aromatic carbocycles. The van der Waals surface area contributed by atoms with Gasteiger partial charge in [0.25, 0.3) is 0 Å². The van der Waals surface area contributed by atoms with E-state index in [9.17, 15) is 0 Å². The fraction of sp³-hybridized carbons (Fsp3) is 0.722. The van der Waals surface area contributed by atoms with Gasteiger partial charge in [-0.1, -0.05) is 32.3 Å². The molecule has 1 aromatic rings. The lowest BCUT2D eigenvalue weighted by Crippen LogP contribution is -2.63. The molecule has 1 aromatic heterocycles. The Bertz CT molecular complexity index is 465. The van der Waals surface area contributed by atoms with Crippen LogP contribution in [0.15, 0.2) is 18.5 Å². The molecule has 1 unspecified atom stereocenters. The molecule has 0 amide bonds. The Balaban J connectivity index is 1.76. The second-order valence-corrected chi connectivity index (χ2v) is 7.05. The normalized spacial score (nSPS) is 25.5. The van der Waals surface area contributed by atoms with Crippen molar-refractivity contribution in [2.24, 2.45) is 0 Å². The van der Waals surface area contributed by atoms with Crippen molar-refractivity contribution in [1.29, 1.82) is 0 Å². The average molecular weight is 287 g/mol. The SMILES string of the molecule is CCCC1CN(Cc2cncc(C)c2)C2(CCCC2)CN1. The minimum atomic E-state index is 0.411. The van der Waals surface area contributed by atoms with Crippen LogP contribution in [0, 0.1) is 6.92 Å². The van der Waals surface area contributed by atoms with Crippen LogP contribution in [-0.4, -0.2) is 34.6 Å². The molecule has 0 bridgehead atoms. The van der Waals surface area contributed by atoms with Gasteiger partial charge in [0.1, 0.15) is 0 Å². The molecule has 0 radical (unpaired) electrons. The zero-order valence-electron chi connectivity index (χ0n) is 13.6. The molecule has 1 atom stereocenters. The van der Waals surface area contributed by atoms with Crippen molar-refractivity contribution in [3.05, 3.63) is 29.6 Å². The monoisotopic (exact) mass is 287 g/mol. The number of piperazine rings is 1. The number of pyridine rings is 1. The maximum absolute atomic E-state index is 4.38. The lowest BCUT2D eigenvalue weighted by Gasteiger charge is -2.48. The molecular weight excluding hydrogens is 258 g/mol. The van der Waals surface area contributed by atoms with Gasteiger partial charge in [-0.2, -0.15) is 0 Å². The largest absolute Gasteiger partial charge is 0.311 e. The molecule has 1 saturated carbocycles. The van der Waals surface area contributed by atoms with Gasteiger partial charge in [0, 0.05) is 43.6 Å². The summed E-state index contributed by atoms with van der Waals surface area (Å²) in [7, 11) is 0. The summed E-state index contributed by atoms with van der Waals surface area (Å²) < 4.78 is 0. The van der Waals surface area contributed by atoms with Gasteiger partial charge in [0.15, 0.2) is 0 Å². The number of hydrogen-bond donors (Lipinski definition) is 1. The Kier molecular flexibility index (Phi) is 4.60. The molecular formula is C18H29N3. The minimum absolute atomic E-state index is 0.411. The number of rotatable bonds is 4. The third kappa shape index (κ3) is 3.29. The van der Waals surface area contributed by atoms with Crippen LogP contribution in [0.1, 0.15) is 56.6 Å². The van der Waals surface area contributed by atoms with Crippen LogP contribution in [-0.2, 0) is 6.54 Å². The van der Waals surface area contributed by atoms with Crippen LogP contribution in [0.3, 0.4) is 0 Å². The molecule has 2 heterocycles. The highest BCUT2D eigenvalue weighted by Crippen LogP contribution is 2.38. The summed E-state index contributed by atoms with van der Waals surface area (Å²) in [4.78, 5) is 7.15. The summed E-state index contributed by atoms with van der Waals surface area (Å²) in [5.41, 5.74) is 3.06. The summed E-state index contributed by atoms with van der Waals surface area (Å²) in [6.45, 7) is 7.87. The predicted molar refractivity (Wildman–Crippen MR) is 87.3 cm³/mol. The molecule has 116 valence electrons. The second-order valence-electron chi connectivity index (χ2n) is 7.05. The average Bonchev–Trinajstić information content (AvgIpc) is 2.93. The summed E-state index contributed by atoms with van der Waals surface area (Å²) in [6, 6.07) is 2.96.